The van der Waals surface area contributed by atoms with Gasteiger partial charge < -0.3 is 16.0 Å². The van der Waals surface area contributed by atoms with Crippen LogP contribution in [-0.2, 0) is 4.79 Å². The number of rotatable bonds is 10. The van der Waals surface area contributed by atoms with Crippen molar-refractivity contribution in [1.29, 1.82) is 0 Å². The average Bonchev–Trinajstić information content (AvgIpc) is 2.51. The molecule has 1 unspecified atom stereocenters. The van der Waals surface area contributed by atoms with Crippen LogP contribution < -0.4 is 11.1 Å². The highest BCUT2D eigenvalue weighted by Crippen LogP contribution is 2.11. The van der Waals surface area contributed by atoms with Crippen molar-refractivity contribution in [3.8, 4) is 0 Å². The van der Waals surface area contributed by atoms with Crippen molar-refractivity contribution in [1.82, 2.24) is 10.2 Å². The number of hydrogen-bond acceptors (Lipinski definition) is 3. The Morgan fingerprint density at radius 3 is 2.12 bits per heavy atom. The molecular weight excluding hydrogens is 345 g/mol. The van der Waals surface area contributed by atoms with Gasteiger partial charge in [-0.2, -0.15) is 0 Å². The molecule has 0 heterocycles. The van der Waals surface area contributed by atoms with Crippen molar-refractivity contribution < 1.29 is 4.79 Å². The molecule has 1 aromatic carbocycles. The zero-order chi connectivity index (χ0) is 16.4. The Kier molecular flexibility index (Phi) is 15.4. The lowest BCUT2D eigenvalue weighted by Gasteiger charge is -2.21. The zero-order valence-corrected chi connectivity index (χ0v) is 16.7. The topological polar surface area (TPSA) is 58.4 Å². The van der Waals surface area contributed by atoms with E-state index >= 15 is 0 Å². The number of carbonyl (C=O) groups is 1. The van der Waals surface area contributed by atoms with Crippen LogP contribution in [0.4, 0.5) is 0 Å². The molecule has 0 aromatic heterocycles. The summed E-state index contributed by atoms with van der Waals surface area (Å²) in [5.41, 5.74) is 8.04. The molecule has 1 atom stereocenters. The Bertz CT molecular complexity index is 434. The molecule has 0 saturated carbocycles. The summed E-state index contributed by atoms with van der Waals surface area (Å²) < 4.78 is 0. The lowest BCUT2D eigenvalue weighted by Crippen LogP contribution is -2.36. The predicted molar refractivity (Wildman–Crippen MR) is 107 cm³/mol. The molecule has 0 bridgehead atoms. The summed E-state index contributed by atoms with van der Waals surface area (Å²) in [6, 6.07) is 7.22. The van der Waals surface area contributed by atoms with Gasteiger partial charge in [-0.3, -0.25) is 4.79 Å². The van der Waals surface area contributed by atoms with Crippen molar-refractivity contribution in [2.24, 2.45) is 5.73 Å². The lowest BCUT2D eigenvalue weighted by atomic mass is 10.1. The third kappa shape index (κ3) is 9.48. The summed E-state index contributed by atoms with van der Waals surface area (Å²) in [7, 11) is 0. The molecule has 0 fully saturated rings. The van der Waals surface area contributed by atoms with E-state index in [1.54, 1.807) is 0 Å². The van der Waals surface area contributed by atoms with Crippen LogP contribution in [0.15, 0.2) is 24.3 Å². The number of nitrogens with one attached hydrogen (secondary N) is 1. The van der Waals surface area contributed by atoms with Crippen LogP contribution >= 0.6 is 24.8 Å². The highest BCUT2D eigenvalue weighted by atomic mass is 35.5. The van der Waals surface area contributed by atoms with Crippen molar-refractivity contribution in [2.75, 3.05) is 26.2 Å². The van der Waals surface area contributed by atoms with Gasteiger partial charge in [-0.15, -0.1) is 24.8 Å². The number of halogens is 2. The van der Waals surface area contributed by atoms with E-state index in [1.165, 1.54) is 18.4 Å². The fraction of sp³-hybridized carbons (Fsp3) is 0.611. The second kappa shape index (κ2) is 14.5. The summed E-state index contributed by atoms with van der Waals surface area (Å²) in [5, 5.41) is 2.94. The number of amides is 1. The smallest absolute Gasteiger partial charge is 0.241 e. The SMILES string of the molecule is CCCN(CCC)CCCNC(=O)C(N)c1ccc(C)cc1.Cl.Cl. The first-order chi connectivity index (χ1) is 10.6. The van der Waals surface area contributed by atoms with Gasteiger partial charge in [0.2, 0.25) is 5.91 Å². The second-order valence-electron chi connectivity index (χ2n) is 5.87. The summed E-state index contributed by atoms with van der Waals surface area (Å²) in [4.78, 5) is 14.5. The van der Waals surface area contributed by atoms with Crippen LogP contribution in [0.25, 0.3) is 0 Å². The normalized spacial score (nSPS) is 11.4. The number of nitrogens with two attached hydrogens (primary N) is 1. The summed E-state index contributed by atoms with van der Waals surface area (Å²) >= 11 is 0. The summed E-state index contributed by atoms with van der Waals surface area (Å²) in [5.74, 6) is -0.0959. The molecule has 0 spiro atoms. The first kappa shape index (κ1) is 25.4. The van der Waals surface area contributed by atoms with Crippen LogP contribution in [0.5, 0.6) is 0 Å². The fourth-order valence-corrected chi connectivity index (χ4v) is 2.52. The van der Waals surface area contributed by atoms with Gasteiger partial charge >= 0.3 is 0 Å². The van der Waals surface area contributed by atoms with Crippen LogP contribution in [0, 0.1) is 6.92 Å². The quantitative estimate of drug-likeness (QED) is 0.613. The van der Waals surface area contributed by atoms with Gasteiger partial charge in [0.05, 0.1) is 0 Å². The molecular formula is C18H33Cl2N3O. The van der Waals surface area contributed by atoms with E-state index in [-0.39, 0.29) is 30.7 Å². The van der Waals surface area contributed by atoms with Gasteiger partial charge in [0.1, 0.15) is 6.04 Å². The maximum atomic E-state index is 12.1. The van der Waals surface area contributed by atoms with Crippen LogP contribution in [0.1, 0.15) is 50.3 Å². The van der Waals surface area contributed by atoms with Crippen molar-refractivity contribution >= 4 is 30.7 Å². The maximum Gasteiger partial charge on any atom is 0.241 e. The third-order valence-corrected chi connectivity index (χ3v) is 3.75. The monoisotopic (exact) mass is 377 g/mol. The van der Waals surface area contributed by atoms with E-state index in [0.29, 0.717) is 6.54 Å². The molecule has 1 aromatic rings. The fourth-order valence-electron chi connectivity index (χ4n) is 2.52. The minimum Gasteiger partial charge on any atom is -0.354 e. The molecule has 140 valence electrons. The molecule has 24 heavy (non-hydrogen) atoms. The lowest BCUT2D eigenvalue weighted by molar-refractivity contribution is -0.122. The molecule has 0 aliphatic heterocycles. The highest BCUT2D eigenvalue weighted by Gasteiger charge is 2.14. The van der Waals surface area contributed by atoms with Crippen LogP contribution in [0.3, 0.4) is 0 Å². The standard InChI is InChI=1S/C18H31N3O.2ClH/c1-4-12-21(13-5-2)14-6-11-20-18(22)17(19)16-9-7-15(3)8-10-16;;/h7-10,17H,4-6,11-14,19H2,1-3H3,(H,20,22);2*1H. The Balaban J connectivity index is 0. The van der Waals surface area contributed by atoms with E-state index in [2.05, 4.69) is 24.1 Å². The number of nitrogens with zero attached hydrogens (tertiary/aromatic N) is 1. The number of aryl methyl sites for hydroxylation is 1. The number of carbonyl (C=O) groups excluding carboxylic acids is 1. The molecule has 1 amide bonds. The summed E-state index contributed by atoms with van der Waals surface area (Å²) in [6.45, 7) is 10.4. The van der Waals surface area contributed by atoms with E-state index in [0.717, 1.165) is 31.6 Å². The highest BCUT2D eigenvalue weighted by molar-refractivity contribution is 5.85. The van der Waals surface area contributed by atoms with Gasteiger partial charge in [-0.1, -0.05) is 43.7 Å². The van der Waals surface area contributed by atoms with Gasteiger partial charge in [0.15, 0.2) is 0 Å². The van der Waals surface area contributed by atoms with E-state index in [4.69, 9.17) is 5.73 Å². The first-order valence-electron chi connectivity index (χ1n) is 8.40. The molecule has 3 N–H and O–H groups in total. The Labute approximate surface area is 159 Å². The molecule has 0 saturated heterocycles. The average molecular weight is 378 g/mol. The minimum absolute atomic E-state index is 0. The predicted octanol–water partition coefficient (Wildman–Crippen LogP) is 3.47. The zero-order valence-electron chi connectivity index (χ0n) is 15.1. The Hall–Kier alpha value is -0.810. The minimum atomic E-state index is -0.581. The number of benzene rings is 1. The van der Waals surface area contributed by atoms with E-state index < -0.39 is 6.04 Å². The maximum absolute atomic E-state index is 12.1. The number of hydrogen-bond donors (Lipinski definition) is 2. The van der Waals surface area contributed by atoms with Crippen LogP contribution in [0.2, 0.25) is 0 Å². The van der Waals surface area contributed by atoms with Gasteiger partial charge in [-0.25, -0.2) is 0 Å². The largest absolute Gasteiger partial charge is 0.354 e. The Morgan fingerprint density at radius 2 is 1.62 bits per heavy atom. The van der Waals surface area contributed by atoms with Crippen LogP contribution in [-0.4, -0.2) is 37.0 Å². The van der Waals surface area contributed by atoms with Gasteiger partial charge in [0, 0.05) is 6.54 Å². The van der Waals surface area contributed by atoms with Gasteiger partial charge in [0.25, 0.3) is 0 Å². The Morgan fingerprint density at radius 1 is 1.08 bits per heavy atom. The first-order valence-corrected chi connectivity index (χ1v) is 8.40. The molecule has 1 rings (SSSR count). The van der Waals surface area contributed by atoms with E-state index in [9.17, 15) is 4.79 Å². The molecule has 4 nitrogen and oxygen atoms in total. The van der Waals surface area contributed by atoms with Gasteiger partial charge in [-0.05, 0) is 51.4 Å². The second-order valence-corrected chi connectivity index (χ2v) is 5.87. The molecule has 0 radical (unpaired) electrons. The van der Waals surface area contributed by atoms with Crippen molar-refractivity contribution in [3.05, 3.63) is 35.4 Å². The molecule has 0 aliphatic carbocycles. The van der Waals surface area contributed by atoms with Crippen molar-refractivity contribution in [2.45, 2.75) is 46.1 Å². The third-order valence-electron chi connectivity index (χ3n) is 3.75. The van der Waals surface area contributed by atoms with Crippen molar-refractivity contribution in [3.63, 3.8) is 0 Å². The molecule has 0 aliphatic rings. The molecule has 6 heteroatoms. The van der Waals surface area contributed by atoms with E-state index in [1.807, 2.05) is 31.2 Å². The summed E-state index contributed by atoms with van der Waals surface area (Å²) in [6.07, 6.45) is 3.31.